The first-order chi connectivity index (χ1) is 4.34. The Morgan fingerprint density at radius 3 is 3.11 bits per heavy atom. The van der Waals surface area contributed by atoms with Crippen LogP contribution in [0.1, 0.15) is 6.92 Å². The van der Waals surface area contributed by atoms with Crippen molar-refractivity contribution in [2.75, 3.05) is 6.67 Å². The van der Waals surface area contributed by atoms with Gasteiger partial charge in [0.25, 0.3) is 0 Å². The molecule has 0 aliphatic carbocycles. The summed E-state index contributed by atoms with van der Waals surface area (Å²) in [4.78, 5) is 13.7. The molecule has 9 heavy (non-hydrogen) atoms. The van der Waals surface area contributed by atoms with Gasteiger partial charge in [-0.15, -0.1) is 4.91 Å². The van der Waals surface area contributed by atoms with E-state index in [4.69, 9.17) is 0 Å². The molecule has 0 spiro atoms. The zero-order valence-corrected chi connectivity index (χ0v) is 5.09. The lowest BCUT2D eigenvalue weighted by molar-refractivity contribution is 0.806. The Bertz CT molecular complexity index is 183. The van der Waals surface area contributed by atoms with Crippen molar-refractivity contribution >= 4 is 6.21 Å². The molecule has 0 saturated carbocycles. The Kier molecular flexibility index (Phi) is 1.58. The average Bonchev–Trinajstić information content (AvgIpc) is 1.89. The van der Waals surface area contributed by atoms with Crippen LogP contribution in [0.25, 0.3) is 0 Å². The fourth-order valence-corrected chi connectivity index (χ4v) is 0.576. The minimum atomic E-state index is 0.390. The molecule has 1 aliphatic heterocycles. The van der Waals surface area contributed by atoms with Gasteiger partial charge in [0.2, 0.25) is 0 Å². The average molecular weight is 125 g/mol. The molecule has 0 radical (unpaired) electrons. The summed E-state index contributed by atoms with van der Waals surface area (Å²) in [5, 5.41) is 5.62. The van der Waals surface area contributed by atoms with Crippen molar-refractivity contribution in [3.05, 3.63) is 16.3 Å². The molecule has 0 unspecified atom stereocenters. The zero-order chi connectivity index (χ0) is 6.69. The van der Waals surface area contributed by atoms with Crippen LogP contribution in [0, 0.1) is 4.91 Å². The van der Waals surface area contributed by atoms with Gasteiger partial charge in [0.05, 0.1) is 6.21 Å². The highest BCUT2D eigenvalue weighted by atomic mass is 16.3. The van der Waals surface area contributed by atoms with E-state index >= 15 is 0 Å². The summed E-state index contributed by atoms with van der Waals surface area (Å²) in [7, 11) is 0. The number of hydrogen-bond donors (Lipinski definition) is 1. The van der Waals surface area contributed by atoms with Crippen LogP contribution < -0.4 is 5.32 Å². The molecule has 0 amide bonds. The van der Waals surface area contributed by atoms with Crippen LogP contribution in [0.3, 0.4) is 0 Å². The molecule has 0 fully saturated rings. The summed E-state index contributed by atoms with van der Waals surface area (Å²) in [6.07, 6.45) is 1.47. The van der Waals surface area contributed by atoms with Gasteiger partial charge in [-0.1, -0.05) is 0 Å². The molecular weight excluding hydrogens is 118 g/mol. The number of nitrogens with one attached hydrogen (secondary N) is 1. The van der Waals surface area contributed by atoms with Gasteiger partial charge in [-0.25, -0.2) is 0 Å². The molecule has 0 atom stereocenters. The molecule has 4 heteroatoms. The van der Waals surface area contributed by atoms with Gasteiger partial charge in [0.15, 0.2) is 0 Å². The quantitative estimate of drug-likeness (QED) is 0.522. The van der Waals surface area contributed by atoms with E-state index in [1.54, 1.807) is 6.92 Å². The summed E-state index contributed by atoms with van der Waals surface area (Å²) < 4.78 is 0. The molecule has 1 heterocycles. The van der Waals surface area contributed by atoms with Crippen LogP contribution in [0.5, 0.6) is 0 Å². The van der Waals surface area contributed by atoms with E-state index in [-0.39, 0.29) is 0 Å². The first kappa shape index (κ1) is 5.94. The molecular formula is C5H7N3O. The largest absolute Gasteiger partial charge is 0.368 e. The second-order valence-corrected chi connectivity index (χ2v) is 1.75. The van der Waals surface area contributed by atoms with Crippen molar-refractivity contribution in [3.63, 3.8) is 0 Å². The number of nitrogens with zero attached hydrogens (tertiary/aromatic N) is 2. The molecule has 1 rings (SSSR count). The predicted octanol–water partition coefficient (Wildman–Crippen LogP) is 0.616. The van der Waals surface area contributed by atoms with E-state index in [0.717, 1.165) is 5.70 Å². The number of allylic oxidation sites excluding steroid dienone is 2. The van der Waals surface area contributed by atoms with Gasteiger partial charge in [-0.3, -0.25) is 4.99 Å². The summed E-state index contributed by atoms with van der Waals surface area (Å²) >= 11 is 0. The Labute approximate surface area is 52.6 Å². The smallest absolute Gasteiger partial charge is 0.144 e. The summed E-state index contributed by atoms with van der Waals surface area (Å²) in [6.45, 7) is 2.34. The van der Waals surface area contributed by atoms with Crippen LogP contribution in [-0.2, 0) is 0 Å². The first-order valence-electron chi connectivity index (χ1n) is 2.62. The SMILES string of the molecule is CC1=C(N=O)C=NCN1. The van der Waals surface area contributed by atoms with E-state index in [1.165, 1.54) is 6.21 Å². The molecule has 4 nitrogen and oxygen atoms in total. The van der Waals surface area contributed by atoms with Crippen molar-refractivity contribution in [2.45, 2.75) is 6.92 Å². The first-order valence-corrected chi connectivity index (χ1v) is 2.62. The second kappa shape index (κ2) is 2.39. The fraction of sp³-hybridized carbons (Fsp3) is 0.400. The van der Waals surface area contributed by atoms with E-state index in [1.807, 2.05) is 0 Å². The van der Waals surface area contributed by atoms with Crippen molar-refractivity contribution in [2.24, 2.45) is 10.2 Å². The van der Waals surface area contributed by atoms with Gasteiger partial charge in [0.1, 0.15) is 12.4 Å². The molecule has 0 saturated heterocycles. The molecule has 0 aromatic carbocycles. The maximum absolute atomic E-state index is 9.93. The molecule has 1 N–H and O–H groups in total. The van der Waals surface area contributed by atoms with Crippen molar-refractivity contribution < 1.29 is 0 Å². The minimum Gasteiger partial charge on any atom is -0.368 e. The molecule has 0 bridgehead atoms. The number of hydrogen-bond acceptors (Lipinski definition) is 4. The van der Waals surface area contributed by atoms with Crippen LogP contribution in [0.4, 0.5) is 0 Å². The lowest BCUT2D eigenvalue weighted by Crippen LogP contribution is -2.17. The summed E-state index contributed by atoms with van der Waals surface area (Å²) in [6, 6.07) is 0. The Hall–Kier alpha value is -1.19. The van der Waals surface area contributed by atoms with Crippen LogP contribution in [0.2, 0.25) is 0 Å². The minimum absolute atomic E-state index is 0.390. The lowest BCUT2D eigenvalue weighted by Gasteiger charge is -2.07. The summed E-state index contributed by atoms with van der Waals surface area (Å²) in [5.41, 5.74) is 1.18. The van der Waals surface area contributed by atoms with Crippen LogP contribution in [-0.4, -0.2) is 12.9 Å². The van der Waals surface area contributed by atoms with Gasteiger partial charge in [-0.2, -0.15) is 0 Å². The maximum Gasteiger partial charge on any atom is 0.144 e. The third-order valence-electron chi connectivity index (χ3n) is 1.13. The maximum atomic E-state index is 9.93. The standard InChI is InChI=1S/C5H7N3O/c1-4-5(8-9)2-6-3-7-4/h2,7H,3H2,1H3. The van der Waals surface area contributed by atoms with Gasteiger partial charge < -0.3 is 5.32 Å². The molecule has 0 aromatic rings. The van der Waals surface area contributed by atoms with Crippen LogP contribution in [0.15, 0.2) is 21.6 Å². The fourth-order valence-electron chi connectivity index (χ4n) is 0.576. The van der Waals surface area contributed by atoms with Crippen molar-refractivity contribution in [1.29, 1.82) is 0 Å². The Balaban J connectivity index is 2.84. The van der Waals surface area contributed by atoms with Gasteiger partial charge in [-0.05, 0) is 12.1 Å². The van der Waals surface area contributed by atoms with Crippen molar-refractivity contribution in [3.8, 4) is 0 Å². The molecule has 0 aromatic heterocycles. The highest BCUT2D eigenvalue weighted by molar-refractivity contribution is 5.79. The third kappa shape index (κ3) is 1.13. The van der Waals surface area contributed by atoms with E-state index in [2.05, 4.69) is 15.5 Å². The number of aliphatic imine (C=N–C) groups is 1. The third-order valence-corrected chi connectivity index (χ3v) is 1.13. The Morgan fingerprint density at radius 1 is 1.89 bits per heavy atom. The number of nitroso groups, excluding NO2 is 1. The Morgan fingerprint density at radius 2 is 2.67 bits per heavy atom. The van der Waals surface area contributed by atoms with Gasteiger partial charge in [0, 0.05) is 5.70 Å². The van der Waals surface area contributed by atoms with Gasteiger partial charge >= 0.3 is 0 Å². The predicted molar refractivity (Wildman–Crippen MR) is 35.0 cm³/mol. The van der Waals surface area contributed by atoms with E-state index in [9.17, 15) is 4.91 Å². The second-order valence-electron chi connectivity index (χ2n) is 1.75. The number of rotatable bonds is 1. The van der Waals surface area contributed by atoms with Crippen LogP contribution >= 0.6 is 0 Å². The lowest BCUT2D eigenvalue weighted by atomic mass is 10.3. The van der Waals surface area contributed by atoms with E-state index in [0.29, 0.717) is 12.4 Å². The highest BCUT2D eigenvalue weighted by Crippen LogP contribution is 2.02. The topological polar surface area (TPSA) is 53.8 Å². The zero-order valence-electron chi connectivity index (χ0n) is 5.09. The normalized spacial score (nSPS) is 17.4. The van der Waals surface area contributed by atoms with Crippen molar-refractivity contribution in [1.82, 2.24) is 5.32 Å². The summed E-state index contributed by atoms with van der Waals surface area (Å²) in [5.74, 6) is 0. The van der Waals surface area contributed by atoms with E-state index < -0.39 is 0 Å². The monoisotopic (exact) mass is 125 g/mol. The molecule has 1 aliphatic rings. The molecule has 48 valence electrons. The highest BCUT2D eigenvalue weighted by Gasteiger charge is 2.01.